The molecule has 0 spiro atoms. The number of para-hydroxylation sites is 7. The molecule has 15 rings (SSSR count). The Morgan fingerprint density at radius 2 is 1.03 bits per heavy atom. The number of benzene rings is 10. The number of rotatable bonds is 8. The molecule has 0 saturated heterocycles. The molecule has 0 bridgehead atoms. The van der Waals surface area contributed by atoms with Gasteiger partial charge < -0.3 is 23.0 Å². The molecule has 0 radical (unpaired) electrons. The molecule has 0 aliphatic carbocycles. The van der Waals surface area contributed by atoms with Gasteiger partial charge in [0, 0.05) is 77.2 Å². The van der Waals surface area contributed by atoms with Gasteiger partial charge in [0.2, 0.25) is 0 Å². The summed E-state index contributed by atoms with van der Waals surface area (Å²) < 4.78 is 18.0. The van der Waals surface area contributed by atoms with Crippen molar-refractivity contribution < 1.29 is 30.4 Å². The van der Waals surface area contributed by atoms with Crippen molar-refractivity contribution in [3.05, 3.63) is 261 Å². The first kappa shape index (κ1) is 47.2. The van der Waals surface area contributed by atoms with Crippen LogP contribution in [0.2, 0.25) is 0 Å². The maximum Gasteiger partial charge on any atom is 0.268 e. The van der Waals surface area contributed by atoms with E-state index in [4.69, 9.17) is 9.72 Å². The van der Waals surface area contributed by atoms with Crippen LogP contribution in [-0.2, 0) is 26.5 Å². The van der Waals surface area contributed by atoms with Crippen molar-refractivity contribution in [3.63, 3.8) is 0 Å². The molecule has 376 valence electrons. The fourth-order valence-electron chi connectivity index (χ4n) is 11.6. The van der Waals surface area contributed by atoms with E-state index in [0.717, 1.165) is 83.6 Å². The van der Waals surface area contributed by atoms with E-state index < -0.39 is 0 Å². The summed E-state index contributed by atoms with van der Waals surface area (Å²) >= 11 is 0. The molecule has 0 N–H and O–H groups in total. The van der Waals surface area contributed by atoms with Crippen molar-refractivity contribution >= 4 is 76.5 Å². The van der Waals surface area contributed by atoms with Gasteiger partial charge in [-0.2, -0.15) is 18.2 Å². The predicted molar refractivity (Wildman–Crippen MR) is 313 cm³/mol. The Bertz CT molecular complexity index is 4830. The van der Waals surface area contributed by atoms with Crippen LogP contribution in [0, 0.1) is 18.5 Å². The molecule has 0 aliphatic rings. The van der Waals surface area contributed by atoms with Gasteiger partial charge >= 0.3 is 0 Å². The zero-order valence-electron chi connectivity index (χ0n) is 42.9. The van der Waals surface area contributed by atoms with Gasteiger partial charge in [-0.25, -0.2) is 4.98 Å². The second-order valence-electron chi connectivity index (χ2n) is 20.8. The average Bonchev–Trinajstić information content (AvgIpc) is 4.36. The summed E-state index contributed by atoms with van der Waals surface area (Å²) in [5.74, 6) is 1.95. The number of imidazole rings is 1. The zero-order chi connectivity index (χ0) is 51.4. The first-order valence-corrected chi connectivity index (χ1v) is 26.1. The van der Waals surface area contributed by atoms with E-state index in [1.54, 1.807) is 0 Å². The summed E-state index contributed by atoms with van der Waals surface area (Å²) in [6, 6.07) is 89.0. The van der Waals surface area contributed by atoms with Gasteiger partial charge in [-0.3, -0.25) is 4.57 Å². The van der Waals surface area contributed by atoms with Crippen LogP contribution in [0.15, 0.2) is 237 Å². The molecule has 10 aromatic carbocycles. The summed E-state index contributed by atoms with van der Waals surface area (Å²) in [4.78, 5) is 5.01. The van der Waals surface area contributed by atoms with Crippen molar-refractivity contribution in [1.29, 1.82) is 0 Å². The fourth-order valence-corrected chi connectivity index (χ4v) is 11.6. The predicted octanol–water partition coefficient (Wildman–Crippen LogP) is 16.7. The normalized spacial score (nSPS) is 11.9. The van der Waals surface area contributed by atoms with Gasteiger partial charge in [0.25, 0.3) is 6.33 Å². The van der Waals surface area contributed by atoms with Crippen LogP contribution in [0.5, 0.6) is 11.5 Å². The van der Waals surface area contributed by atoms with Crippen LogP contribution in [0.1, 0.15) is 26.3 Å². The molecule has 0 atom stereocenters. The second-order valence-corrected chi connectivity index (χ2v) is 20.8. The molecule has 8 heteroatoms. The number of pyridine rings is 1. The van der Waals surface area contributed by atoms with E-state index in [1.807, 2.05) is 24.4 Å². The molecule has 7 nitrogen and oxygen atoms in total. The van der Waals surface area contributed by atoms with E-state index >= 15 is 0 Å². The van der Waals surface area contributed by atoms with Crippen LogP contribution in [0.25, 0.3) is 116 Å². The summed E-state index contributed by atoms with van der Waals surface area (Å²) in [6.45, 7) is 6.71. The summed E-state index contributed by atoms with van der Waals surface area (Å²) in [6.07, 6.45) is 5.68. The molecule has 0 fully saturated rings. The van der Waals surface area contributed by atoms with Crippen molar-refractivity contribution in [2.45, 2.75) is 26.2 Å². The van der Waals surface area contributed by atoms with Gasteiger partial charge in [0.05, 0.1) is 38.8 Å². The van der Waals surface area contributed by atoms with Gasteiger partial charge in [0.15, 0.2) is 0 Å². The van der Waals surface area contributed by atoms with Crippen LogP contribution in [-0.4, -0.2) is 23.3 Å². The fraction of sp³-hybridized carbons (Fsp3) is 0.0571. The van der Waals surface area contributed by atoms with Crippen molar-refractivity contribution in [3.8, 4) is 51.2 Å². The van der Waals surface area contributed by atoms with Crippen LogP contribution in [0.3, 0.4) is 0 Å². The number of hydrogen-bond acceptors (Lipinski definition) is 2. The number of ether oxygens (including phenoxy) is 1. The van der Waals surface area contributed by atoms with Crippen molar-refractivity contribution in [1.82, 2.24) is 23.3 Å². The average molecular weight is 1180 g/mol. The second kappa shape index (κ2) is 18.5. The van der Waals surface area contributed by atoms with Crippen molar-refractivity contribution in [2.75, 3.05) is 0 Å². The molecule has 78 heavy (non-hydrogen) atoms. The van der Waals surface area contributed by atoms with E-state index in [-0.39, 0.29) is 26.5 Å². The summed E-state index contributed by atoms with van der Waals surface area (Å²) in [5, 5.41) is 6.97. The smallest absolute Gasteiger partial charge is 0.268 e. The SMILES string of the molecule is CC(C)(C)c1ccnc(-n2c3[c-]c(Oc4[c-]c(-n5[c-][n+](-c6cccc7c8ccccc8n(-c8ccccc8)c67)c6ccccc65)ccc4)ccc3c3cc(-c4ccc5c(c4)c4ccccc4n5-c4ccccc4)ccc32)c1.[Pt]. The molecular weight excluding hydrogens is 1140 g/mol. The summed E-state index contributed by atoms with van der Waals surface area (Å²) in [7, 11) is 0. The number of aromatic nitrogens is 6. The first-order chi connectivity index (χ1) is 37.8. The Balaban J connectivity index is 0.00000552. The Kier molecular flexibility index (Phi) is 11.2. The monoisotopic (exact) mass is 1180 g/mol. The van der Waals surface area contributed by atoms with E-state index in [2.05, 4.69) is 274 Å². The number of nitrogens with zero attached hydrogens (tertiary/aromatic N) is 6. The topological polar surface area (TPSA) is 45.7 Å². The number of hydrogen-bond donors (Lipinski definition) is 0. The van der Waals surface area contributed by atoms with Gasteiger partial charge in [-0.05, 0) is 106 Å². The largest absolute Gasteiger partial charge is 0.510 e. The molecule has 0 unspecified atom stereocenters. The molecule has 5 heterocycles. The van der Waals surface area contributed by atoms with Crippen LogP contribution < -0.4 is 9.30 Å². The minimum atomic E-state index is -0.0814. The van der Waals surface area contributed by atoms with Gasteiger partial charge in [-0.1, -0.05) is 154 Å². The molecule has 0 aliphatic heterocycles. The Morgan fingerprint density at radius 1 is 0.449 bits per heavy atom. The van der Waals surface area contributed by atoms with E-state index in [0.29, 0.717) is 11.5 Å². The Labute approximate surface area is 465 Å². The van der Waals surface area contributed by atoms with Gasteiger partial charge in [-0.15, -0.1) is 29.7 Å². The third-order valence-corrected chi connectivity index (χ3v) is 15.2. The third-order valence-electron chi connectivity index (χ3n) is 15.2. The first-order valence-electron chi connectivity index (χ1n) is 26.1. The van der Waals surface area contributed by atoms with Crippen molar-refractivity contribution in [2.24, 2.45) is 0 Å². The summed E-state index contributed by atoms with van der Waals surface area (Å²) in [5.41, 5.74) is 16.0. The molecule has 0 amide bonds. The third kappa shape index (κ3) is 7.60. The quantitative estimate of drug-likeness (QED) is 0.112. The molecule has 15 aromatic rings. The van der Waals surface area contributed by atoms with E-state index in [1.165, 1.54) is 38.1 Å². The molecule has 5 aromatic heterocycles. The maximum absolute atomic E-state index is 6.79. The van der Waals surface area contributed by atoms with Gasteiger partial charge in [0.1, 0.15) is 5.82 Å². The van der Waals surface area contributed by atoms with E-state index in [9.17, 15) is 0 Å². The van der Waals surface area contributed by atoms with Crippen LogP contribution >= 0.6 is 0 Å². The molecular formula is C70H48N6OPt-2. The minimum absolute atomic E-state index is 0. The zero-order valence-corrected chi connectivity index (χ0v) is 45.2. The molecule has 0 saturated carbocycles. The standard InChI is InChI=1S/C70H48N6O.Pt/c1-70(2,3)48-38-39-71-68(42-48)76-63-37-33-47(46-32-36-62-58(40-46)55-25-11-12-27-60(55)74(62)49-18-6-4-7-19-49)41-59(63)56-35-34-53(44-67(56)76)77-52-23-16-22-51(43-52)72-45-73(65-30-15-14-29-64(65)72)66-31-17-26-57-54-24-10-13-28-61(54)75(69(57)66)50-20-8-5-9-21-50;/h4-42H,1-3H3;/q-2;. The Morgan fingerprint density at radius 3 is 1.76 bits per heavy atom. The number of fused-ring (bicyclic) bond motifs is 10. The van der Waals surface area contributed by atoms with Crippen LogP contribution in [0.4, 0.5) is 0 Å². The minimum Gasteiger partial charge on any atom is -0.510 e. The maximum atomic E-state index is 6.79. The Hall–Kier alpha value is -9.29.